The van der Waals surface area contributed by atoms with E-state index in [0.717, 1.165) is 28.7 Å². The van der Waals surface area contributed by atoms with Gasteiger partial charge >= 0.3 is 0 Å². The largest absolute Gasteiger partial charge is 0.497 e. The van der Waals surface area contributed by atoms with Crippen LogP contribution in [-0.4, -0.2) is 16.9 Å². The van der Waals surface area contributed by atoms with Crippen molar-refractivity contribution in [1.29, 1.82) is 0 Å². The second kappa shape index (κ2) is 4.61. The van der Waals surface area contributed by atoms with E-state index >= 15 is 0 Å². The van der Waals surface area contributed by atoms with Crippen LogP contribution in [0.1, 0.15) is 25.8 Å². The van der Waals surface area contributed by atoms with Crippen molar-refractivity contribution in [3.8, 4) is 17.0 Å². The van der Waals surface area contributed by atoms with E-state index in [9.17, 15) is 0 Å². The summed E-state index contributed by atoms with van der Waals surface area (Å²) in [4.78, 5) is 0. The van der Waals surface area contributed by atoms with Crippen molar-refractivity contribution >= 4 is 5.82 Å². The molecule has 1 aliphatic carbocycles. The number of methoxy groups -OCH3 is 1. The minimum absolute atomic E-state index is 0.395. The van der Waals surface area contributed by atoms with Gasteiger partial charge in [-0.15, -0.1) is 0 Å². The van der Waals surface area contributed by atoms with E-state index in [1.54, 1.807) is 7.11 Å². The van der Waals surface area contributed by atoms with Gasteiger partial charge in [-0.25, -0.2) is 4.68 Å². The zero-order chi connectivity index (χ0) is 13.4. The van der Waals surface area contributed by atoms with E-state index in [-0.39, 0.29) is 0 Å². The Morgan fingerprint density at radius 3 is 2.58 bits per heavy atom. The average molecular weight is 257 g/mol. The minimum Gasteiger partial charge on any atom is -0.497 e. The van der Waals surface area contributed by atoms with Crippen molar-refractivity contribution < 1.29 is 4.74 Å². The van der Waals surface area contributed by atoms with Crippen LogP contribution in [-0.2, 0) is 0 Å². The second-order valence-electron chi connectivity index (χ2n) is 5.21. The molecule has 1 atom stereocenters. The van der Waals surface area contributed by atoms with Crippen molar-refractivity contribution in [3.63, 3.8) is 0 Å². The number of aromatic nitrogens is 2. The van der Waals surface area contributed by atoms with Crippen molar-refractivity contribution in [2.45, 2.75) is 25.8 Å². The van der Waals surface area contributed by atoms with Crippen molar-refractivity contribution in [2.75, 3.05) is 12.8 Å². The van der Waals surface area contributed by atoms with Gasteiger partial charge in [0.2, 0.25) is 0 Å². The topological polar surface area (TPSA) is 53.1 Å². The lowest BCUT2D eigenvalue weighted by Crippen LogP contribution is -2.11. The van der Waals surface area contributed by atoms with Crippen LogP contribution < -0.4 is 10.5 Å². The van der Waals surface area contributed by atoms with Crippen molar-refractivity contribution in [2.24, 2.45) is 5.92 Å². The molecule has 0 bridgehead atoms. The molecule has 1 saturated carbocycles. The molecule has 2 aromatic rings. The zero-order valence-electron chi connectivity index (χ0n) is 11.3. The number of hydrogen-bond acceptors (Lipinski definition) is 3. The van der Waals surface area contributed by atoms with Crippen LogP contribution >= 0.6 is 0 Å². The maximum atomic E-state index is 6.08. The van der Waals surface area contributed by atoms with Crippen molar-refractivity contribution in [1.82, 2.24) is 9.78 Å². The average Bonchev–Trinajstić information content (AvgIpc) is 3.21. The molecule has 1 unspecified atom stereocenters. The maximum absolute atomic E-state index is 6.08. The molecular weight excluding hydrogens is 238 g/mol. The molecule has 0 radical (unpaired) electrons. The number of nitrogens with zero attached hydrogens (tertiary/aromatic N) is 2. The summed E-state index contributed by atoms with van der Waals surface area (Å²) in [5.41, 5.74) is 8.06. The Kier molecular flexibility index (Phi) is 2.93. The molecule has 100 valence electrons. The normalized spacial score (nSPS) is 16.3. The molecule has 4 nitrogen and oxygen atoms in total. The number of anilines is 1. The molecular formula is C15H19N3O. The molecule has 0 aliphatic heterocycles. The molecule has 0 spiro atoms. The fraction of sp³-hybridized carbons (Fsp3) is 0.400. The lowest BCUT2D eigenvalue weighted by Gasteiger charge is -2.12. The van der Waals surface area contributed by atoms with Crippen LogP contribution in [0, 0.1) is 5.92 Å². The molecule has 1 fully saturated rings. The van der Waals surface area contributed by atoms with Gasteiger partial charge in [0.15, 0.2) is 0 Å². The summed E-state index contributed by atoms with van der Waals surface area (Å²) in [5.74, 6) is 2.33. The molecule has 1 heterocycles. The minimum atomic E-state index is 0.395. The number of rotatable bonds is 4. The zero-order valence-corrected chi connectivity index (χ0v) is 11.3. The highest BCUT2D eigenvalue weighted by molar-refractivity contribution is 5.63. The molecule has 4 heteroatoms. The standard InChI is InChI=1S/C15H19N3O/c1-10(11-3-4-11)18-15(16)9-14(17-18)12-5-7-13(19-2)8-6-12/h5-11H,3-4,16H2,1-2H3. The highest BCUT2D eigenvalue weighted by Gasteiger charge is 2.30. The second-order valence-corrected chi connectivity index (χ2v) is 5.21. The third kappa shape index (κ3) is 2.30. The SMILES string of the molecule is COc1ccc(-c2cc(N)n(C(C)C3CC3)n2)cc1. The van der Waals surface area contributed by atoms with Gasteiger partial charge in [-0.2, -0.15) is 5.10 Å². The van der Waals surface area contributed by atoms with Crippen molar-refractivity contribution in [3.05, 3.63) is 30.3 Å². The predicted octanol–water partition coefficient (Wildman–Crippen LogP) is 3.11. The summed E-state index contributed by atoms with van der Waals surface area (Å²) < 4.78 is 7.12. The van der Waals surface area contributed by atoms with Crippen LogP contribution in [0.15, 0.2) is 30.3 Å². The molecule has 1 aromatic carbocycles. The van der Waals surface area contributed by atoms with Gasteiger partial charge in [-0.1, -0.05) is 0 Å². The summed E-state index contributed by atoms with van der Waals surface area (Å²) in [6.45, 7) is 2.19. The number of nitrogens with two attached hydrogens (primary N) is 1. The quantitative estimate of drug-likeness (QED) is 0.915. The number of nitrogen functional groups attached to an aromatic ring is 1. The first-order valence-corrected chi connectivity index (χ1v) is 6.68. The van der Waals surface area contributed by atoms with E-state index in [0.29, 0.717) is 6.04 Å². The van der Waals surface area contributed by atoms with E-state index in [1.165, 1.54) is 12.8 Å². The smallest absolute Gasteiger partial charge is 0.122 e. The van der Waals surface area contributed by atoms with Gasteiger partial charge in [0, 0.05) is 11.6 Å². The summed E-state index contributed by atoms with van der Waals surface area (Å²) in [6.07, 6.45) is 2.58. The van der Waals surface area contributed by atoms with Crippen LogP contribution in [0.25, 0.3) is 11.3 Å². The fourth-order valence-corrected chi connectivity index (χ4v) is 2.42. The Morgan fingerprint density at radius 1 is 1.32 bits per heavy atom. The van der Waals surface area contributed by atoms with Crippen LogP contribution in [0.2, 0.25) is 0 Å². The Balaban J connectivity index is 1.89. The van der Waals surface area contributed by atoms with Gasteiger partial charge < -0.3 is 10.5 Å². The summed E-state index contributed by atoms with van der Waals surface area (Å²) in [6, 6.07) is 10.2. The lowest BCUT2D eigenvalue weighted by atomic mass is 10.1. The summed E-state index contributed by atoms with van der Waals surface area (Å²) in [5, 5.41) is 4.65. The summed E-state index contributed by atoms with van der Waals surface area (Å²) in [7, 11) is 1.67. The Morgan fingerprint density at radius 2 is 2.00 bits per heavy atom. The monoisotopic (exact) mass is 257 g/mol. The molecule has 3 rings (SSSR count). The van der Waals surface area contributed by atoms with Gasteiger partial charge in [0.05, 0.1) is 18.8 Å². The third-order valence-corrected chi connectivity index (χ3v) is 3.84. The van der Waals surface area contributed by atoms with E-state index in [4.69, 9.17) is 10.5 Å². The summed E-state index contributed by atoms with van der Waals surface area (Å²) >= 11 is 0. The Bertz CT molecular complexity index is 570. The van der Waals surface area contributed by atoms with Crippen LogP contribution in [0.4, 0.5) is 5.82 Å². The first-order valence-electron chi connectivity index (χ1n) is 6.68. The van der Waals surface area contributed by atoms with E-state index in [2.05, 4.69) is 12.0 Å². The van der Waals surface area contributed by atoms with Crippen LogP contribution in [0.3, 0.4) is 0 Å². The van der Waals surface area contributed by atoms with Crippen LogP contribution in [0.5, 0.6) is 5.75 Å². The fourth-order valence-electron chi connectivity index (χ4n) is 2.42. The van der Waals surface area contributed by atoms with E-state index < -0.39 is 0 Å². The van der Waals surface area contributed by atoms with E-state index in [1.807, 2.05) is 35.0 Å². The molecule has 0 amide bonds. The lowest BCUT2D eigenvalue weighted by molar-refractivity contribution is 0.415. The Labute approximate surface area is 113 Å². The Hall–Kier alpha value is -1.97. The highest BCUT2D eigenvalue weighted by Crippen LogP contribution is 2.40. The third-order valence-electron chi connectivity index (χ3n) is 3.84. The molecule has 0 saturated heterocycles. The van der Waals surface area contributed by atoms with Gasteiger partial charge in [-0.3, -0.25) is 0 Å². The van der Waals surface area contributed by atoms with Gasteiger partial charge in [-0.05, 0) is 49.9 Å². The molecule has 1 aliphatic rings. The molecule has 19 heavy (non-hydrogen) atoms. The number of benzene rings is 1. The first kappa shape index (κ1) is 12.1. The number of hydrogen-bond donors (Lipinski definition) is 1. The highest BCUT2D eigenvalue weighted by atomic mass is 16.5. The first-order chi connectivity index (χ1) is 9.19. The maximum Gasteiger partial charge on any atom is 0.122 e. The van der Waals surface area contributed by atoms with Gasteiger partial charge in [0.25, 0.3) is 0 Å². The number of ether oxygens (including phenoxy) is 1. The van der Waals surface area contributed by atoms with Gasteiger partial charge in [0.1, 0.15) is 11.6 Å². The molecule has 1 aromatic heterocycles. The predicted molar refractivity (Wildman–Crippen MR) is 76.1 cm³/mol. The molecule has 2 N–H and O–H groups in total.